The molecule has 2 heteroatoms. The minimum absolute atomic E-state index is 0.456. The van der Waals surface area contributed by atoms with E-state index in [-0.39, 0.29) is 0 Å². The number of aryl methyl sites for hydroxylation is 1. The number of benzene rings is 1. The smallest absolute Gasteiger partial charge is 0.0294 e. The topological polar surface area (TPSA) is 12.0 Å². The third-order valence-electron chi connectivity index (χ3n) is 2.87. The zero-order valence-electron chi connectivity index (χ0n) is 10.1. The monoisotopic (exact) mass is 223 g/mol. The van der Waals surface area contributed by atoms with Crippen molar-refractivity contribution in [3.63, 3.8) is 0 Å². The first-order valence-electron chi connectivity index (χ1n) is 5.45. The first kappa shape index (κ1) is 12.6. The quantitative estimate of drug-likeness (QED) is 0.769. The van der Waals surface area contributed by atoms with Gasteiger partial charge in [-0.3, -0.25) is 0 Å². The molecule has 0 spiro atoms. The van der Waals surface area contributed by atoms with Gasteiger partial charge in [-0.25, -0.2) is 0 Å². The number of nitrogens with one attached hydrogen (secondary N) is 1. The highest BCUT2D eigenvalue weighted by Crippen LogP contribution is 2.19. The number of hydrogen-bond acceptors (Lipinski definition) is 2. The van der Waals surface area contributed by atoms with Gasteiger partial charge >= 0.3 is 0 Å². The summed E-state index contributed by atoms with van der Waals surface area (Å²) in [5.41, 5.74) is 4.23. The molecule has 0 aromatic heterocycles. The molecule has 1 N–H and O–H groups in total. The third-order valence-corrected chi connectivity index (χ3v) is 3.48. The van der Waals surface area contributed by atoms with E-state index in [1.54, 1.807) is 0 Å². The molecule has 1 unspecified atom stereocenters. The van der Waals surface area contributed by atoms with Crippen LogP contribution in [0.2, 0.25) is 0 Å². The Morgan fingerprint density at radius 2 is 2.07 bits per heavy atom. The molecule has 84 valence electrons. The molecule has 0 saturated heterocycles. The molecule has 15 heavy (non-hydrogen) atoms. The van der Waals surface area contributed by atoms with Gasteiger partial charge in [-0.15, -0.1) is 0 Å². The fourth-order valence-electron chi connectivity index (χ4n) is 1.73. The van der Waals surface area contributed by atoms with Crippen molar-refractivity contribution in [3.05, 3.63) is 34.9 Å². The number of hydrogen-bond donors (Lipinski definition) is 1. The van der Waals surface area contributed by atoms with Crippen molar-refractivity contribution in [3.8, 4) is 0 Å². The average Bonchev–Trinajstić information content (AvgIpc) is 2.22. The van der Waals surface area contributed by atoms with E-state index in [0.29, 0.717) is 6.04 Å². The van der Waals surface area contributed by atoms with Crippen LogP contribution in [-0.2, 0) is 0 Å². The minimum Gasteiger partial charge on any atom is -0.309 e. The Hall–Kier alpha value is -0.470. The molecule has 0 amide bonds. The molecule has 1 rings (SSSR count). The molecule has 0 aliphatic carbocycles. The Kier molecular flexibility index (Phi) is 5.20. The Balaban J connectivity index is 2.65. The van der Waals surface area contributed by atoms with Crippen LogP contribution >= 0.6 is 11.8 Å². The Labute approximate surface area is 97.7 Å². The summed E-state index contributed by atoms with van der Waals surface area (Å²) in [6.45, 7) is 7.70. The summed E-state index contributed by atoms with van der Waals surface area (Å²) in [6.07, 6.45) is 2.14. The minimum atomic E-state index is 0.456. The van der Waals surface area contributed by atoms with Gasteiger partial charge < -0.3 is 5.32 Å². The zero-order valence-corrected chi connectivity index (χ0v) is 10.9. The standard InChI is InChI=1S/C13H21NS/c1-10-6-5-7-13(11(10)2)12(3)14-8-9-15-4/h5-7,12,14H,8-9H2,1-4H3. The first-order valence-corrected chi connectivity index (χ1v) is 6.84. The van der Waals surface area contributed by atoms with Gasteiger partial charge in [0.2, 0.25) is 0 Å². The summed E-state index contributed by atoms with van der Waals surface area (Å²) >= 11 is 1.88. The Morgan fingerprint density at radius 1 is 1.33 bits per heavy atom. The van der Waals surface area contributed by atoms with Crippen molar-refractivity contribution in [2.45, 2.75) is 26.8 Å². The van der Waals surface area contributed by atoms with Crippen LogP contribution in [0.15, 0.2) is 18.2 Å². The van der Waals surface area contributed by atoms with E-state index in [1.165, 1.54) is 22.4 Å². The van der Waals surface area contributed by atoms with Gasteiger partial charge in [0, 0.05) is 18.3 Å². The summed E-state index contributed by atoms with van der Waals surface area (Å²) in [6, 6.07) is 6.99. The van der Waals surface area contributed by atoms with Gasteiger partial charge in [-0.2, -0.15) is 11.8 Å². The van der Waals surface area contributed by atoms with Crippen LogP contribution < -0.4 is 5.32 Å². The maximum absolute atomic E-state index is 3.55. The van der Waals surface area contributed by atoms with Crippen LogP contribution in [0.25, 0.3) is 0 Å². The molecular formula is C13H21NS. The van der Waals surface area contributed by atoms with Crippen LogP contribution in [0, 0.1) is 13.8 Å². The summed E-state index contributed by atoms with van der Waals surface area (Å²) in [5.74, 6) is 1.18. The van der Waals surface area contributed by atoms with Crippen LogP contribution in [0.4, 0.5) is 0 Å². The predicted octanol–water partition coefficient (Wildman–Crippen LogP) is 3.32. The SMILES string of the molecule is CSCCNC(C)c1cccc(C)c1C. The fourth-order valence-corrected chi connectivity index (χ4v) is 2.05. The lowest BCUT2D eigenvalue weighted by molar-refractivity contribution is 0.598. The Morgan fingerprint density at radius 3 is 2.73 bits per heavy atom. The average molecular weight is 223 g/mol. The maximum Gasteiger partial charge on any atom is 0.0294 e. The lowest BCUT2D eigenvalue weighted by atomic mass is 9.98. The van der Waals surface area contributed by atoms with Crippen molar-refractivity contribution < 1.29 is 0 Å². The van der Waals surface area contributed by atoms with Crippen molar-refractivity contribution in [1.82, 2.24) is 5.32 Å². The second kappa shape index (κ2) is 6.19. The van der Waals surface area contributed by atoms with Gasteiger partial charge in [0.05, 0.1) is 0 Å². The normalized spacial score (nSPS) is 12.8. The van der Waals surface area contributed by atoms with E-state index >= 15 is 0 Å². The first-order chi connectivity index (χ1) is 7.16. The molecule has 0 aliphatic rings. The molecule has 1 nitrogen and oxygen atoms in total. The molecule has 0 bridgehead atoms. The summed E-state index contributed by atoms with van der Waals surface area (Å²) in [5, 5.41) is 3.55. The maximum atomic E-state index is 3.55. The van der Waals surface area contributed by atoms with Gasteiger partial charge in [0.1, 0.15) is 0 Å². The summed E-state index contributed by atoms with van der Waals surface area (Å²) in [4.78, 5) is 0. The molecule has 1 aromatic rings. The summed E-state index contributed by atoms with van der Waals surface area (Å²) in [7, 11) is 0. The lowest BCUT2D eigenvalue weighted by Gasteiger charge is -2.17. The van der Waals surface area contributed by atoms with Crippen LogP contribution in [-0.4, -0.2) is 18.6 Å². The van der Waals surface area contributed by atoms with Crippen LogP contribution in [0.1, 0.15) is 29.7 Å². The largest absolute Gasteiger partial charge is 0.309 e. The highest BCUT2D eigenvalue weighted by atomic mass is 32.2. The van der Waals surface area contributed by atoms with Crippen molar-refractivity contribution in [2.75, 3.05) is 18.6 Å². The predicted molar refractivity (Wildman–Crippen MR) is 70.7 cm³/mol. The van der Waals surface area contributed by atoms with Crippen LogP contribution in [0.5, 0.6) is 0 Å². The second-order valence-electron chi connectivity index (χ2n) is 3.96. The summed E-state index contributed by atoms with van der Waals surface area (Å²) < 4.78 is 0. The number of thioether (sulfide) groups is 1. The van der Waals surface area contributed by atoms with Crippen molar-refractivity contribution in [2.24, 2.45) is 0 Å². The number of rotatable bonds is 5. The second-order valence-corrected chi connectivity index (χ2v) is 4.94. The molecule has 1 aromatic carbocycles. The van der Waals surface area contributed by atoms with Gasteiger partial charge in [0.15, 0.2) is 0 Å². The lowest BCUT2D eigenvalue weighted by Crippen LogP contribution is -2.22. The highest BCUT2D eigenvalue weighted by molar-refractivity contribution is 7.98. The molecule has 0 radical (unpaired) electrons. The van der Waals surface area contributed by atoms with E-state index in [0.717, 1.165) is 6.54 Å². The highest BCUT2D eigenvalue weighted by Gasteiger charge is 2.07. The molecular weight excluding hydrogens is 202 g/mol. The van der Waals surface area contributed by atoms with E-state index < -0.39 is 0 Å². The Bertz CT molecular complexity index is 309. The molecule has 0 aliphatic heterocycles. The van der Waals surface area contributed by atoms with Gasteiger partial charge in [-0.05, 0) is 43.7 Å². The third kappa shape index (κ3) is 3.54. The fraction of sp³-hybridized carbons (Fsp3) is 0.538. The van der Waals surface area contributed by atoms with Gasteiger partial charge in [0.25, 0.3) is 0 Å². The van der Waals surface area contributed by atoms with Crippen LogP contribution in [0.3, 0.4) is 0 Å². The molecule has 0 fully saturated rings. The van der Waals surface area contributed by atoms with E-state index in [2.05, 4.69) is 50.5 Å². The van der Waals surface area contributed by atoms with E-state index in [4.69, 9.17) is 0 Å². The molecule has 0 saturated carbocycles. The van der Waals surface area contributed by atoms with E-state index in [1.807, 2.05) is 11.8 Å². The van der Waals surface area contributed by atoms with Gasteiger partial charge in [-0.1, -0.05) is 18.2 Å². The molecule has 1 atom stereocenters. The molecule has 0 heterocycles. The zero-order chi connectivity index (χ0) is 11.3. The van der Waals surface area contributed by atoms with E-state index in [9.17, 15) is 0 Å². The van der Waals surface area contributed by atoms with Crippen molar-refractivity contribution in [1.29, 1.82) is 0 Å². The van der Waals surface area contributed by atoms with Crippen molar-refractivity contribution >= 4 is 11.8 Å².